The average Bonchev–Trinajstić information content (AvgIpc) is 2.46. The van der Waals surface area contributed by atoms with Gasteiger partial charge >= 0.3 is 5.97 Å². The molecule has 0 aromatic rings. The zero-order chi connectivity index (χ0) is 16.1. The van der Waals surface area contributed by atoms with Crippen molar-refractivity contribution in [3.63, 3.8) is 0 Å². The van der Waals surface area contributed by atoms with Crippen LogP contribution in [0.15, 0.2) is 0 Å². The van der Waals surface area contributed by atoms with E-state index in [2.05, 4.69) is 6.92 Å². The summed E-state index contributed by atoms with van der Waals surface area (Å²) in [5.74, 6) is -0.786. The van der Waals surface area contributed by atoms with Crippen molar-refractivity contribution in [2.45, 2.75) is 59.3 Å². The Morgan fingerprint density at radius 1 is 1.05 bits per heavy atom. The number of nitrogens with zero attached hydrogens (tertiary/aromatic N) is 1. The lowest BCUT2D eigenvalue weighted by Crippen LogP contribution is -2.38. The molecular formula is C16H31NO4. The van der Waals surface area contributed by atoms with Gasteiger partial charge in [-0.1, -0.05) is 27.2 Å². The van der Waals surface area contributed by atoms with Crippen LogP contribution in [0.4, 0.5) is 0 Å². The maximum Gasteiger partial charge on any atom is 0.305 e. The standard InChI is InChI=1S/C16H31NO4/c1-4-7-12-21-13-8-10-17(11-9-15(18)19)16(20)14(5-2)6-3/h14H,4-13H2,1-3H3,(H,18,19). The number of ether oxygens (including phenoxy) is 1. The molecule has 0 aromatic carbocycles. The minimum absolute atomic E-state index is 0.000181. The van der Waals surface area contributed by atoms with Gasteiger partial charge in [0.05, 0.1) is 6.42 Å². The first-order chi connectivity index (χ1) is 10.1. The second-order valence-corrected chi connectivity index (χ2v) is 5.30. The van der Waals surface area contributed by atoms with Gasteiger partial charge in [-0.15, -0.1) is 0 Å². The van der Waals surface area contributed by atoms with Crippen molar-refractivity contribution in [2.75, 3.05) is 26.3 Å². The molecule has 0 bridgehead atoms. The fourth-order valence-electron chi connectivity index (χ4n) is 2.16. The molecule has 1 amide bonds. The highest BCUT2D eigenvalue weighted by molar-refractivity contribution is 5.79. The van der Waals surface area contributed by atoms with Crippen LogP contribution in [0.3, 0.4) is 0 Å². The Hall–Kier alpha value is -1.10. The molecule has 0 rings (SSSR count). The normalized spacial score (nSPS) is 10.9. The van der Waals surface area contributed by atoms with Gasteiger partial charge < -0.3 is 14.7 Å². The highest BCUT2D eigenvalue weighted by Gasteiger charge is 2.21. The molecule has 0 fully saturated rings. The summed E-state index contributed by atoms with van der Waals surface area (Å²) in [5.41, 5.74) is 0. The van der Waals surface area contributed by atoms with Crippen LogP contribution in [-0.2, 0) is 14.3 Å². The lowest BCUT2D eigenvalue weighted by atomic mass is 10.0. The zero-order valence-corrected chi connectivity index (χ0v) is 13.8. The Labute approximate surface area is 128 Å². The van der Waals surface area contributed by atoms with Crippen LogP contribution in [0.2, 0.25) is 0 Å². The first kappa shape index (κ1) is 19.9. The lowest BCUT2D eigenvalue weighted by molar-refractivity contribution is -0.140. The zero-order valence-electron chi connectivity index (χ0n) is 13.8. The van der Waals surface area contributed by atoms with Crippen LogP contribution < -0.4 is 0 Å². The third-order valence-corrected chi connectivity index (χ3v) is 3.60. The van der Waals surface area contributed by atoms with Crippen molar-refractivity contribution in [3.8, 4) is 0 Å². The summed E-state index contributed by atoms with van der Waals surface area (Å²) in [7, 11) is 0. The molecule has 0 saturated carbocycles. The molecule has 0 atom stereocenters. The van der Waals surface area contributed by atoms with Crippen molar-refractivity contribution < 1.29 is 19.4 Å². The number of rotatable bonds is 13. The van der Waals surface area contributed by atoms with E-state index in [0.29, 0.717) is 19.7 Å². The van der Waals surface area contributed by atoms with Gasteiger partial charge in [0.25, 0.3) is 0 Å². The summed E-state index contributed by atoms with van der Waals surface area (Å²) in [5, 5.41) is 8.80. The van der Waals surface area contributed by atoms with Crippen LogP contribution in [0.1, 0.15) is 59.3 Å². The highest BCUT2D eigenvalue weighted by Crippen LogP contribution is 2.13. The summed E-state index contributed by atoms with van der Waals surface area (Å²) in [6.45, 7) is 8.36. The number of carboxylic acids is 1. The van der Waals surface area contributed by atoms with Gasteiger partial charge in [0.2, 0.25) is 5.91 Å². The van der Waals surface area contributed by atoms with Crippen LogP contribution >= 0.6 is 0 Å². The molecule has 0 heterocycles. The van der Waals surface area contributed by atoms with E-state index in [0.717, 1.165) is 38.7 Å². The minimum atomic E-state index is -0.864. The highest BCUT2D eigenvalue weighted by atomic mass is 16.5. The van der Waals surface area contributed by atoms with E-state index in [1.807, 2.05) is 13.8 Å². The fraction of sp³-hybridized carbons (Fsp3) is 0.875. The fourth-order valence-corrected chi connectivity index (χ4v) is 2.16. The number of amides is 1. The van der Waals surface area contributed by atoms with Crippen LogP contribution in [0.25, 0.3) is 0 Å². The SMILES string of the molecule is CCCCOCCCN(CCC(=O)O)C(=O)C(CC)CC. The van der Waals surface area contributed by atoms with Gasteiger partial charge in [-0.25, -0.2) is 0 Å². The summed E-state index contributed by atoms with van der Waals surface area (Å²) >= 11 is 0. The van der Waals surface area contributed by atoms with E-state index in [1.165, 1.54) is 0 Å². The molecule has 0 aliphatic rings. The second kappa shape index (κ2) is 12.6. The molecule has 0 saturated heterocycles. The van der Waals surface area contributed by atoms with E-state index in [9.17, 15) is 9.59 Å². The summed E-state index contributed by atoms with van der Waals surface area (Å²) in [6, 6.07) is 0. The molecule has 1 N–H and O–H groups in total. The van der Waals surface area contributed by atoms with Crippen molar-refractivity contribution in [1.29, 1.82) is 0 Å². The van der Waals surface area contributed by atoms with E-state index >= 15 is 0 Å². The molecule has 5 nitrogen and oxygen atoms in total. The molecule has 0 aliphatic heterocycles. The maximum absolute atomic E-state index is 12.4. The summed E-state index contributed by atoms with van der Waals surface area (Å²) < 4.78 is 5.49. The largest absolute Gasteiger partial charge is 0.481 e. The molecule has 0 spiro atoms. The van der Waals surface area contributed by atoms with Gasteiger partial charge in [-0.2, -0.15) is 0 Å². The Morgan fingerprint density at radius 2 is 1.67 bits per heavy atom. The van der Waals surface area contributed by atoms with Gasteiger partial charge in [0.1, 0.15) is 0 Å². The molecular weight excluding hydrogens is 270 g/mol. The Morgan fingerprint density at radius 3 is 2.19 bits per heavy atom. The first-order valence-electron chi connectivity index (χ1n) is 8.15. The predicted molar refractivity (Wildman–Crippen MR) is 83.2 cm³/mol. The average molecular weight is 301 g/mol. The number of carbonyl (C=O) groups is 2. The number of unbranched alkanes of at least 4 members (excludes halogenated alkanes) is 1. The van der Waals surface area contributed by atoms with Gasteiger partial charge in [-0.05, 0) is 25.7 Å². The molecule has 0 aliphatic carbocycles. The topological polar surface area (TPSA) is 66.8 Å². The molecule has 21 heavy (non-hydrogen) atoms. The number of carboxylic acid groups (broad SMARTS) is 1. The monoisotopic (exact) mass is 301 g/mol. The number of hydrogen-bond donors (Lipinski definition) is 1. The van der Waals surface area contributed by atoms with Crippen molar-refractivity contribution in [2.24, 2.45) is 5.92 Å². The Bertz CT molecular complexity index is 290. The van der Waals surface area contributed by atoms with Crippen LogP contribution in [0, 0.1) is 5.92 Å². The summed E-state index contributed by atoms with van der Waals surface area (Å²) in [4.78, 5) is 24.8. The van der Waals surface area contributed by atoms with E-state index in [-0.39, 0.29) is 18.2 Å². The maximum atomic E-state index is 12.4. The molecule has 0 unspecified atom stereocenters. The number of hydrogen-bond acceptors (Lipinski definition) is 3. The van der Waals surface area contributed by atoms with Crippen molar-refractivity contribution in [3.05, 3.63) is 0 Å². The smallest absolute Gasteiger partial charge is 0.305 e. The molecule has 5 heteroatoms. The van der Waals surface area contributed by atoms with E-state index in [4.69, 9.17) is 9.84 Å². The number of aliphatic carboxylic acids is 1. The number of carbonyl (C=O) groups excluding carboxylic acids is 1. The Balaban J connectivity index is 4.25. The Kier molecular flexibility index (Phi) is 12.0. The third kappa shape index (κ3) is 9.45. The molecule has 0 radical (unpaired) electrons. The van der Waals surface area contributed by atoms with E-state index < -0.39 is 5.97 Å². The van der Waals surface area contributed by atoms with Gasteiger partial charge in [-0.3, -0.25) is 9.59 Å². The van der Waals surface area contributed by atoms with Gasteiger partial charge in [0.15, 0.2) is 0 Å². The minimum Gasteiger partial charge on any atom is -0.481 e. The molecule has 0 aromatic heterocycles. The third-order valence-electron chi connectivity index (χ3n) is 3.60. The van der Waals surface area contributed by atoms with Gasteiger partial charge in [0, 0.05) is 32.2 Å². The predicted octanol–water partition coefficient (Wildman–Crippen LogP) is 2.93. The van der Waals surface area contributed by atoms with Crippen molar-refractivity contribution >= 4 is 11.9 Å². The second-order valence-electron chi connectivity index (χ2n) is 5.30. The summed E-state index contributed by atoms with van der Waals surface area (Å²) in [6.07, 6.45) is 4.52. The first-order valence-corrected chi connectivity index (χ1v) is 8.15. The molecule has 124 valence electrons. The van der Waals surface area contributed by atoms with Crippen LogP contribution in [0.5, 0.6) is 0 Å². The van der Waals surface area contributed by atoms with Crippen molar-refractivity contribution in [1.82, 2.24) is 4.90 Å². The van der Waals surface area contributed by atoms with Crippen LogP contribution in [-0.4, -0.2) is 48.2 Å². The van der Waals surface area contributed by atoms with E-state index in [1.54, 1.807) is 4.90 Å². The quantitative estimate of drug-likeness (QED) is 0.531. The lowest BCUT2D eigenvalue weighted by Gasteiger charge is -2.26.